The largest absolute Gasteiger partial charge is 0.396 e. The lowest BCUT2D eigenvalue weighted by Gasteiger charge is -2.08. The summed E-state index contributed by atoms with van der Waals surface area (Å²) in [5.41, 5.74) is 9.78. The molecule has 13 heavy (non-hydrogen) atoms. The first kappa shape index (κ1) is 9.51. The monoisotopic (exact) mass is 178 g/mol. The lowest BCUT2D eigenvalue weighted by atomic mass is 10.1. The average Bonchev–Trinajstić information content (AvgIpc) is 2.16. The quantitative estimate of drug-likeness (QED) is 0.434. The molecule has 0 aliphatic heterocycles. The third-order valence-corrected chi connectivity index (χ3v) is 1.73. The number of hydrogen-bond acceptors (Lipinski definition) is 3. The van der Waals surface area contributed by atoms with E-state index in [-0.39, 0.29) is 6.61 Å². The van der Waals surface area contributed by atoms with Gasteiger partial charge in [0.15, 0.2) is 0 Å². The second kappa shape index (κ2) is 4.45. The van der Waals surface area contributed by atoms with Crippen LogP contribution in [0.25, 0.3) is 10.4 Å². The van der Waals surface area contributed by atoms with E-state index in [4.69, 9.17) is 10.6 Å². The van der Waals surface area contributed by atoms with Crippen molar-refractivity contribution >= 4 is 0 Å². The molecule has 1 rings (SSSR count). The van der Waals surface area contributed by atoms with Gasteiger partial charge in [-0.1, -0.05) is 11.2 Å². The van der Waals surface area contributed by atoms with Gasteiger partial charge in [0.1, 0.15) is 6.04 Å². The minimum atomic E-state index is -0.578. The van der Waals surface area contributed by atoms with Crippen LogP contribution in [0.2, 0.25) is 0 Å². The van der Waals surface area contributed by atoms with Crippen molar-refractivity contribution in [1.82, 2.24) is 4.98 Å². The maximum absolute atomic E-state index is 8.93. The van der Waals surface area contributed by atoms with E-state index in [2.05, 4.69) is 15.0 Å². The van der Waals surface area contributed by atoms with Crippen LogP contribution in [0.15, 0.2) is 23.4 Å². The molecule has 0 saturated carbocycles. The minimum absolute atomic E-state index is 0.220. The van der Waals surface area contributed by atoms with E-state index < -0.39 is 6.04 Å². The summed E-state index contributed by atoms with van der Waals surface area (Å²) in [5.74, 6) is 0. The zero-order chi connectivity index (χ0) is 9.68. The highest BCUT2D eigenvalue weighted by Crippen LogP contribution is 2.17. The molecule has 1 N–H and O–H groups in total. The fourth-order valence-electron chi connectivity index (χ4n) is 1.09. The van der Waals surface area contributed by atoms with Gasteiger partial charge in [-0.3, -0.25) is 4.98 Å². The molecule has 68 valence electrons. The van der Waals surface area contributed by atoms with Gasteiger partial charge in [-0.05, 0) is 24.1 Å². The normalized spacial score (nSPS) is 11.8. The fraction of sp³-hybridized carbons (Fsp3) is 0.375. The van der Waals surface area contributed by atoms with Crippen LogP contribution in [-0.2, 0) is 0 Å². The smallest absolute Gasteiger partial charge is 0.103 e. The number of aromatic nitrogens is 1. The topological polar surface area (TPSA) is 81.9 Å². The lowest BCUT2D eigenvalue weighted by Crippen LogP contribution is -2.04. The molecule has 5 heteroatoms. The SMILES string of the molecule is Cc1cccnc1C(CO)N=[N+]=[N-]. The van der Waals surface area contributed by atoms with E-state index in [0.717, 1.165) is 5.56 Å². The second-order valence-electron chi connectivity index (χ2n) is 2.61. The van der Waals surface area contributed by atoms with Crippen LogP contribution in [0.4, 0.5) is 0 Å². The average molecular weight is 178 g/mol. The zero-order valence-electron chi connectivity index (χ0n) is 7.25. The standard InChI is InChI=1S/C8H10N4O/c1-6-3-2-4-10-8(6)7(5-13)11-12-9/h2-4,7,13H,5H2,1H3. The number of azide groups is 1. The fourth-order valence-corrected chi connectivity index (χ4v) is 1.09. The van der Waals surface area contributed by atoms with E-state index in [9.17, 15) is 0 Å². The lowest BCUT2D eigenvalue weighted by molar-refractivity contribution is 0.265. The van der Waals surface area contributed by atoms with E-state index in [1.165, 1.54) is 0 Å². The predicted octanol–water partition coefficient (Wildman–Crippen LogP) is 1.73. The van der Waals surface area contributed by atoms with Crippen LogP contribution in [0.5, 0.6) is 0 Å². The molecule has 0 amide bonds. The van der Waals surface area contributed by atoms with Gasteiger partial charge in [0.2, 0.25) is 0 Å². The van der Waals surface area contributed by atoms with Crippen LogP contribution < -0.4 is 0 Å². The summed E-state index contributed by atoms with van der Waals surface area (Å²) in [4.78, 5) is 6.69. The molecule has 1 aromatic heterocycles. The Hall–Kier alpha value is -1.58. The molecule has 0 bridgehead atoms. The van der Waals surface area contributed by atoms with Crippen molar-refractivity contribution in [1.29, 1.82) is 0 Å². The molecule has 1 atom stereocenters. The number of nitrogens with zero attached hydrogens (tertiary/aromatic N) is 4. The van der Waals surface area contributed by atoms with E-state index in [0.29, 0.717) is 5.69 Å². The molecule has 0 aromatic carbocycles. The molecule has 0 radical (unpaired) electrons. The van der Waals surface area contributed by atoms with Gasteiger partial charge in [0.05, 0.1) is 12.3 Å². The summed E-state index contributed by atoms with van der Waals surface area (Å²) in [6.45, 7) is 1.64. The van der Waals surface area contributed by atoms with Gasteiger partial charge in [-0.25, -0.2) is 0 Å². The number of aryl methyl sites for hydroxylation is 1. The van der Waals surface area contributed by atoms with Gasteiger partial charge >= 0.3 is 0 Å². The highest BCUT2D eigenvalue weighted by molar-refractivity contribution is 5.21. The van der Waals surface area contributed by atoms with E-state index in [1.807, 2.05) is 13.0 Å². The van der Waals surface area contributed by atoms with Gasteiger partial charge in [-0.15, -0.1) is 0 Å². The molecule has 0 saturated heterocycles. The summed E-state index contributed by atoms with van der Waals surface area (Å²) in [6, 6.07) is 3.08. The van der Waals surface area contributed by atoms with Crippen molar-refractivity contribution in [2.75, 3.05) is 6.61 Å². The summed E-state index contributed by atoms with van der Waals surface area (Å²) >= 11 is 0. The summed E-state index contributed by atoms with van der Waals surface area (Å²) < 4.78 is 0. The van der Waals surface area contributed by atoms with Crippen LogP contribution in [0.3, 0.4) is 0 Å². The Labute approximate surface area is 75.7 Å². The highest BCUT2D eigenvalue weighted by atomic mass is 16.3. The van der Waals surface area contributed by atoms with E-state index in [1.54, 1.807) is 12.3 Å². The number of hydrogen-bond donors (Lipinski definition) is 1. The van der Waals surface area contributed by atoms with Crippen molar-refractivity contribution in [3.05, 3.63) is 40.0 Å². The third kappa shape index (κ3) is 2.18. The highest BCUT2D eigenvalue weighted by Gasteiger charge is 2.11. The number of rotatable bonds is 3. The Morgan fingerprint density at radius 1 is 1.77 bits per heavy atom. The zero-order valence-corrected chi connectivity index (χ0v) is 7.25. The summed E-state index contributed by atoms with van der Waals surface area (Å²) in [6.07, 6.45) is 1.61. The molecule has 1 aromatic rings. The molecule has 0 fully saturated rings. The maximum atomic E-state index is 8.93. The Morgan fingerprint density at radius 2 is 2.54 bits per heavy atom. The summed E-state index contributed by atoms with van der Waals surface area (Å²) in [5, 5.41) is 12.4. The second-order valence-corrected chi connectivity index (χ2v) is 2.61. The molecular formula is C8H10N4O. The van der Waals surface area contributed by atoms with Crippen LogP contribution in [-0.4, -0.2) is 16.7 Å². The number of pyridine rings is 1. The van der Waals surface area contributed by atoms with Crippen LogP contribution in [0, 0.1) is 6.92 Å². The van der Waals surface area contributed by atoms with E-state index >= 15 is 0 Å². The van der Waals surface area contributed by atoms with Gasteiger partial charge in [-0.2, -0.15) is 0 Å². The Bertz CT molecular complexity index is 333. The minimum Gasteiger partial charge on any atom is -0.396 e. The van der Waals surface area contributed by atoms with Crippen molar-refractivity contribution < 1.29 is 5.11 Å². The molecule has 1 heterocycles. The molecular weight excluding hydrogens is 168 g/mol. The number of aliphatic hydroxyl groups excluding tert-OH is 1. The van der Waals surface area contributed by atoms with Crippen molar-refractivity contribution in [2.45, 2.75) is 13.0 Å². The van der Waals surface area contributed by atoms with Crippen molar-refractivity contribution in [3.63, 3.8) is 0 Å². The van der Waals surface area contributed by atoms with Crippen LogP contribution in [0.1, 0.15) is 17.3 Å². The maximum Gasteiger partial charge on any atom is 0.103 e. The summed E-state index contributed by atoms with van der Waals surface area (Å²) in [7, 11) is 0. The molecule has 0 aliphatic rings. The third-order valence-electron chi connectivity index (χ3n) is 1.73. The first-order chi connectivity index (χ1) is 6.29. The predicted molar refractivity (Wildman–Crippen MR) is 47.9 cm³/mol. The van der Waals surface area contributed by atoms with Crippen molar-refractivity contribution in [2.24, 2.45) is 5.11 Å². The molecule has 5 nitrogen and oxygen atoms in total. The first-order valence-electron chi connectivity index (χ1n) is 3.86. The molecule has 0 spiro atoms. The molecule has 0 aliphatic carbocycles. The van der Waals surface area contributed by atoms with Gasteiger partial charge < -0.3 is 5.11 Å². The Balaban J connectivity index is 3.04. The van der Waals surface area contributed by atoms with Gasteiger partial charge in [0.25, 0.3) is 0 Å². The Kier molecular flexibility index (Phi) is 3.25. The van der Waals surface area contributed by atoms with Crippen molar-refractivity contribution in [3.8, 4) is 0 Å². The Morgan fingerprint density at radius 3 is 3.08 bits per heavy atom. The van der Waals surface area contributed by atoms with Crippen LogP contribution >= 0.6 is 0 Å². The number of aliphatic hydroxyl groups is 1. The molecule has 1 unspecified atom stereocenters. The van der Waals surface area contributed by atoms with Gasteiger partial charge in [0, 0.05) is 11.1 Å². The first-order valence-corrected chi connectivity index (χ1v) is 3.86.